The van der Waals surface area contributed by atoms with E-state index in [1.165, 1.54) is 5.56 Å². The van der Waals surface area contributed by atoms with Crippen molar-refractivity contribution in [2.24, 2.45) is 0 Å². The van der Waals surface area contributed by atoms with Crippen molar-refractivity contribution in [3.05, 3.63) is 65.7 Å². The van der Waals surface area contributed by atoms with Gasteiger partial charge in [0.25, 0.3) is 0 Å². The molecular formula is C17H20O2. The summed E-state index contributed by atoms with van der Waals surface area (Å²) in [6.07, 6.45) is 0.820. The van der Waals surface area contributed by atoms with Gasteiger partial charge in [0.05, 0.1) is 12.2 Å². The van der Waals surface area contributed by atoms with Crippen molar-refractivity contribution in [3.63, 3.8) is 0 Å². The Morgan fingerprint density at radius 3 is 2.16 bits per heavy atom. The van der Waals surface area contributed by atoms with Crippen LogP contribution in [0.25, 0.3) is 0 Å². The van der Waals surface area contributed by atoms with Gasteiger partial charge in [-0.1, -0.05) is 42.5 Å². The summed E-state index contributed by atoms with van der Waals surface area (Å²) in [6.45, 7) is 4.79. The molecule has 0 atom stereocenters. The maximum Gasteiger partial charge on any atom is 0.115 e. The fourth-order valence-corrected chi connectivity index (χ4v) is 2.01. The van der Waals surface area contributed by atoms with Crippen LogP contribution in [0.2, 0.25) is 0 Å². The molecule has 100 valence electrons. The van der Waals surface area contributed by atoms with Gasteiger partial charge in [0.1, 0.15) is 5.75 Å². The fraction of sp³-hybridized carbons (Fsp3) is 0.294. The molecule has 2 rings (SSSR count). The van der Waals surface area contributed by atoms with Crippen molar-refractivity contribution in [2.75, 3.05) is 0 Å². The third kappa shape index (κ3) is 4.42. The molecule has 0 amide bonds. The summed E-state index contributed by atoms with van der Waals surface area (Å²) in [4.78, 5) is 0. The van der Waals surface area contributed by atoms with E-state index in [2.05, 4.69) is 26.0 Å². The second kappa shape index (κ2) is 5.89. The van der Waals surface area contributed by atoms with E-state index >= 15 is 0 Å². The smallest absolute Gasteiger partial charge is 0.115 e. The predicted molar refractivity (Wildman–Crippen MR) is 77.1 cm³/mol. The molecule has 2 heteroatoms. The maximum atomic E-state index is 9.28. The number of aromatic hydroxyl groups is 1. The fourth-order valence-electron chi connectivity index (χ4n) is 2.01. The predicted octanol–water partition coefficient (Wildman–Crippen LogP) is 3.93. The van der Waals surface area contributed by atoms with Crippen LogP contribution in [0, 0.1) is 0 Å². The Morgan fingerprint density at radius 2 is 1.53 bits per heavy atom. The molecule has 0 unspecified atom stereocenters. The van der Waals surface area contributed by atoms with Gasteiger partial charge in [-0.25, -0.2) is 0 Å². The molecular weight excluding hydrogens is 236 g/mol. The van der Waals surface area contributed by atoms with Gasteiger partial charge in [0.2, 0.25) is 0 Å². The molecule has 0 radical (unpaired) electrons. The number of benzene rings is 2. The number of rotatable bonds is 5. The summed E-state index contributed by atoms with van der Waals surface area (Å²) >= 11 is 0. The molecule has 0 aliphatic rings. The van der Waals surface area contributed by atoms with Crippen LogP contribution < -0.4 is 0 Å². The highest BCUT2D eigenvalue weighted by Gasteiger charge is 2.19. The van der Waals surface area contributed by atoms with Crippen molar-refractivity contribution >= 4 is 0 Å². The van der Waals surface area contributed by atoms with Crippen LogP contribution in [0.1, 0.15) is 25.0 Å². The molecule has 0 saturated carbocycles. The normalized spacial score (nSPS) is 11.5. The van der Waals surface area contributed by atoms with Crippen LogP contribution >= 0.6 is 0 Å². The Hall–Kier alpha value is -1.80. The molecule has 0 fully saturated rings. The van der Waals surface area contributed by atoms with Crippen LogP contribution in [-0.4, -0.2) is 10.7 Å². The lowest BCUT2D eigenvalue weighted by atomic mass is 9.98. The Labute approximate surface area is 114 Å². The molecule has 0 aromatic heterocycles. The summed E-state index contributed by atoms with van der Waals surface area (Å²) in [6, 6.07) is 17.5. The van der Waals surface area contributed by atoms with Crippen LogP contribution in [0.3, 0.4) is 0 Å². The largest absolute Gasteiger partial charge is 0.508 e. The zero-order valence-electron chi connectivity index (χ0n) is 11.5. The summed E-state index contributed by atoms with van der Waals surface area (Å²) in [5, 5.41) is 9.28. The van der Waals surface area contributed by atoms with Crippen LogP contribution in [0.4, 0.5) is 0 Å². The lowest BCUT2D eigenvalue weighted by molar-refractivity contribution is -0.0287. The van der Waals surface area contributed by atoms with Gasteiger partial charge in [0, 0.05) is 6.42 Å². The highest BCUT2D eigenvalue weighted by atomic mass is 16.5. The molecule has 0 spiro atoms. The Morgan fingerprint density at radius 1 is 0.895 bits per heavy atom. The van der Waals surface area contributed by atoms with Gasteiger partial charge in [-0.3, -0.25) is 0 Å². The van der Waals surface area contributed by atoms with E-state index in [0.29, 0.717) is 12.4 Å². The van der Waals surface area contributed by atoms with Gasteiger partial charge < -0.3 is 9.84 Å². The third-order valence-corrected chi connectivity index (χ3v) is 3.04. The van der Waals surface area contributed by atoms with Crippen molar-refractivity contribution in [3.8, 4) is 5.75 Å². The Balaban J connectivity index is 1.93. The molecule has 2 aromatic rings. The van der Waals surface area contributed by atoms with Gasteiger partial charge in [0.15, 0.2) is 0 Å². The van der Waals surface area contributed by atoms with E-state index in [1.807, 2.05) is 30.3 Å². The number of phenolic OH excluding ortho intramolecular Hbond substituents is 1. The van der Waals surface area contributed by atoms with E-state index in [9.17, 15) is 5.11 Å². The molecule has 0 aliphatic heterocycles. The molecule has 0 aliphatic carbocycles. The summed E-state index contributed by atoms with van der Waals surface area (Å²) in [7, 11) is 0. The van der Waals surface area contributed by atoms with Gasteiger partial charge in [-0.2, -0.15) is 0 Å². The second-order valence-corrected chi connectivity index (χ2v) is 5.38. The Kier molecular flexibility index (Phi) is 4.23. The monoisotopic (exact) mass is 256 g/mol. The molecule has 0 saturated heterocycles. The topological polar surface area (TPSA) is 29.5 Å². The number of ether oxygens (including phenoxy) is 1. The summed E-state index contributed by atoms with van der Waals surface area (Å²) in [5.74, 6) is 0.298. The first-order valence-electron chi connectivity index (χ1n) is 6.51. The van der Waals surface area contributed by atoms with Crippen LogP contribution in [0.15, 0.2) is 54.6 Å². The highest BCUT2D eigenvalue weighted by molar-refractivity contribution is 5.26. The zero-order valence-corrected chi connectivity index (χ0v) is 11.5. The first-order chi connectivity index (χ1) is 9.05. The molecule has 2 aromatic carbocycles. The number of phenols is 1. The molecule has 0 heterocycles. The maximum absolute atomic E-state index is 9.28. The standard InChI is InChI=1S/C17H20O2/c1-17(2,12-14-8-10-16(18)11-9-14)19-13-15-6-4-3-5-7-15/h3-11,18H,12-13H2,1-2H3. The molecule has 0 bridgehead atoms. The lowest BCUT2D eigenvalue weighted by Gasteiger charge is -2.25. The third-order valence-electron chi connectivity index (χ3n) is 3.04. The van der Waals surface area contributed by atoms with E-state index in [4.69, 9.17) is 4.74 Å². The number of hydrogen-bond acceptors (Lipinski definition) is 2. The SMILES string of the molecule is CC(C)(Cc1ccc(O)cc1)OCc1ccccc1. The number of hydrogen-bond donors (Lipinski definition) is 1. The quantitative estimate of drug-likeness (QED) is 0.878. The first kappa shape index (κ1) is 13.6. The van der Waals surface area contributed by atoms with Crippen LogP contribution in [-0.2, 0) is 17.8 Å². The minimum atomic E-state index is -0.229. The van der Waals surface area contributed by atoms with E-state index in [0.717, 1.165) is 12.0 Å². The van der Waals surface area contributed by atoms with Crippen molar-refractivity contribution < 1.29 is 9.84 Å². The van der Waals surface area contributed by atoms with Gasteiger partial charge in [-0.15, -0.1) is 0 Å². The van der Waals surface area contributed by atoms with Gasteiger partial charge in [-0.05, 0) is 37.1 Å². The highest BCUT2D eigenvalue weighted by Crippen LogP contribution is 2.20. The molecule has 2 nitrogen and oxygen atoms in total. The van der Waals surface area contributed by atoms with Gasteiger partial charge >= 0.3 is 0 Å². The van der Waals surface area contributed by atoms with Crippen molar-refractivity contribution in [1.82, 2.24) is 0 Å². The Bertz CT molecular complexity index is 501. The van der Waals surface area contributed by atoms with Crippen molar-refractivity contribution in [2.45, 2.75) is 32.5 Å². The zero-order chi connectivity index (χ0) is 13.7. The average molecular weight is 256 g/mol. The summed E-state index contributed by atoms with van der Waals surface area (Å²) in [5.41, 5.74) is 2.12. The second-order valence-electron chi connectivity index (χ2n) is 5.38. The van der Waals surface area contributed by atoms with E-state index in [1.54, 1.807) is 12.1 Å². The molecule has 19 heavy (non-hydrogen) atoms. The van der Waals surface area contributed by atoms with Crippen molar-refractivity contribution in [1.29, 1.82) is 0 Å². The van der Waals surface area contributed by atoms with Crippen LogP contribution in [0.5, 0.6) is 5.75 Å². The average Bonchev–Trinajstić information content (AvgIpc) is 2.40. The molecule has 1 N–H and O–H groups in total. The van der Waals surface area contributed by atoms with E-state index in [-0.39, 0.29) is 5.60 Å². The first-order valence-corrected chi connectivity index (χ1v) is 6.51. The lowest BCUT2D eigenvalue weighted by Crippen LogP contribution is -2.27. The minimum absolute atomic E-state index is 0.229. The van der Waals surface area contributed by atoms with E-state index < -0.39 is 0 Å². The minimum Gasteiger partial charge on any atom is -0.508 e. The summed E-state index contributed by atoms with van der Waals surface area (Å²) < 4.78 is 5.99.